The van der Waals surface area contributed by atoms with Crippen LogP contribution in [0.3, 0.4) is 0 Å². The van der Waals surface area contributed by atoms with Gasteiger partial charge < -0.3 is 0 Å². The van der Waals surface area contributed by atoms with E-state index in [4.69, 9.17) is 0 Å². The average molecular weight is 228 g/mol. The number of aryl methyl sites for hydroxylation is 1. The highest BCUT2D eigenvalue weighted by Gasteiger charge is 2.29. The molecule has 0 atom stereocenters. The summed E-state index contributed by atoms with van der Waals surface area (Å²) < 4.78 is 0. The van der Waals surface area contributed by atoms with E-state index < -0.39 is 0 Å². The van der Waals surface area contributed by atoms with E-state index >= 15 is 0 Å². The van der Waals surface area contributed by atoms with Crippen LogP contribution in [0, 0.1) is 6.92 Å². The first kappa shape index (κ1) is 10.5. The second kappa shape index (κ2) is 4.30. The van der Waals surface area contributed by atoms with Crippen LogP contribution in [0.1, 0.15) is 17.2 Å². The lowest BCUT2D eigenvalue weighted by atomic mass is 10.0. The van der Waals surface area contributed by atoms with Crippen molar-refractivity contribution in [2.45, 2.75) is 19.5 Å². The Balaban J connectivity index is 1.58. The predicted octanol–water partition coefficient (Wildman–Crippen LogP) is 1.64. The maximum atomic E-state index is 4.18. The van der Waals surface area contributed by atoms with E-state index in [9.17, 15) is 0 Å². The summed E-state index contributed by atoms with van der Waals surface area (Å²) in [5, 5.41) is 8.35. The molecular formula is C13H16N4. The summed E-state index contributed by atoms with van der Waals surface area (Å²) in [6.07, 6.45) is 3.48. The number of aromatic nitrogens is 3. The number of benzene rings is 1. The average Bonchev–Trinajstić information content (AvgIpc) is 2.78. The van der Waals surface area contributed by atoms with Gasteiger partial charge in [-0.1, -0.05) is 24.3 Å². The third-order valence-electron chi connectivity index (χ3n) is 3.36. The summed E-state index contributed by atoms with van der Waals surface area (Å²) in [6, 6.07) is 9.02. The Morgan fingerprint density at radius 1 is 1.18 bits per heavy atom. The van der Waals surface area contributed by atoms with Crippen LogP contribution in [0.2, 0.25) is 0 Å². The van der Waals surface area contributed by atoms with Crippen LogP contribution in [0.4, 0.5) is 0 Å². The zero-order valence-electron chi connectivity index (χ0n) is 9.95. The number of likely N-dealkylation sites (tertiary alicyclic amines) is 1. The van der Waals surface area contributed by atoms with Crippen molar-refractivity contribution in [1.29, 1.82) is 0 Å². The molecule has 17 heavy (non-hydrogen) atoms. The molecule has 3 rings (SSSR count). The molecule has 1 aromatic heterocycles. The summed E-state index contributed by atoms with van der Waals surface area (Å²) in [7, 11) is 0. The molecular weight excluding hydrogens is 212 g/mol. The molecule has 0 saturated carbocycles. The minimum Gasteiger partial charge on any atom is -0.295 e. The normalized spacial score (nSPS) is 17.0. The van der Waals surface area contributed by atoms with Gasteiger partial charge in [0.2, 0.25) is 0 Å². The molecule has 0 aliphatic carbocycles. The maximum absolute atomic E-state index is 4.18. The summed E-state index contributed by atoms with van der Waals surface area (Å²) in [4.78, 5) is 4.24. The number of rotatable bonds is 3. The van der Waals surface area contributed by atoms with Gasteiger partial charge in [0.25, 0.3) is 0 Å². The molecule has 0 N–H and O–H groups in total. The quantitative estimate of drug-likeness (QED) is 0.801. The minimum absolute atomic E-state index is 0.453. The lowest BCUT2D eigenvalue weighted by Gasteiger charge is -2.38. The van der Waals surface area contributed by atoms with Crippen molar-refractivity contribution in [3.05, 3.63) is 47.8 Å². The Kier molecular flexibility index (Phi) is 2.65. The molecule has 0 unspecified atom stereocenters. The Labute approximate surface area is 101 Å². The number of nitrogens with zero attached hydrogens (tertiary/aromatic N) is 4. The van der Waals surface area contributed by atoms with Crippen LogP contribution in [0.5, 0.6) is 0 Å². The van der Waals surface area contributed by atoms with Gasteiger partial charge in [0.05, 0.1) is 18.4 Å². The van der Waals surface area contributed by atoms with Crippen LogP contribution >= 0.6 is 0 Å². The fourth-order valence-electron chi connectivity index (χ4n) is 2.26. The van der Waals surface area contributed by atoms with Gasteiger partial charge in [0.15, 0.2) is 0 Å². The summed E-state index contributed by atoms with van der Waals surface area (Å²) in [6.45, 7) is 5.29. The van der Waals surface area contributed by atoms with Gasteiger partial charge in [0.1, 0.15) is 0 Å². The third-order valence-corrected chi connectivity index (χ3v) is 3.36. The van der Waals surface area contributed by atoms with Gasteiger partial charge in [-0.25, -0.2) is 0 Å². The van der Waals surface area contributed by atoms with Crippen molar-refractivity contribution in [3.8, 4) is 0 Å². The van der Waals surface area contributed by atoms with Crippen molar-refractivity contribution in [2.24, 2.45) is 0 Å². The Bertz CT molecular complexity index is 486. The predicted molar refractivity (Wildman–Crippen MR) is 65.5 cm³/mol. The molecule has 88 valence electrons. The van der Waals surface area contributed by atoms with Crippen LogP contribution in [0.25, 0.3) is 0 Å². The molecule has 0 bridgehead atoms. The molecule has 1 aromatic carbocycles. The molecule has 4 nitrogen and oxygen atoms in total. The standard InChI is InChI=1S/C13H16N4/c1-11-4-2-3-5-12(11)8-16-9-13(10-16)17-14-6-7-15-17/h2-7,13H,8-10H2,1H3. The molecule has 1 saturated heterocycles. The van der Waals surface area contributed by atoms with Crippen LogP contribution in [-0.2, 0) is 6.54 Å². The van der Waals surface area contributed by atoms with Gasteiger partial charge in [-0.15, -0.1) is 0 Å². The zero-order valence-corrected chi connectivity index (χ0v) is 9.95. The van der Waals surface area contributed by atoms with Crippen molar-refractivity contribution in [3.63, 3.8) is 0 Å². The van der Waals surface area contributed by atoms with Crippen molar-refractivity contribution >= 4 is 0 Å². The van der Waals surface area contributed by atoms with E-state index in [1.54, 1.807) is 12.4 Å². The van der Waals surface area contributed by atoms with Gasteiger partial charge >= 0.3 is 0 Å². The largest absolute Gasteiger partial charge is 0.295 e. The maximum Gasteiger partial charge on any atom is 0.0969 e. The van der Waals surface area contributed by atoms with Gasteiger partial charge in [0, 0.05) is 19.6 Å². The number of hydrogen-bond donors (Lipinski definition) is 0. The molecule has 1 aliphatic rings. The topological polar surface area (TPSA) is 34.0 Å². The van der Waals surface area contributed by atoms with Crippen molar-refractivity contribution in [2.75, 3.05) is 13.1 Å². The molecule has 2 aromatic rings. The summed E-state index contributed by atoms with van der Waals surface area (Å²) in [5.74, 6) is 0. The summed E-state index contributed by atoms with van der Waals surface area (Å²) in [5.41, 5.74) is 2.78. The first-order chi connectivity index (χ1) is 8.33. The van der Waals surface area contributed by atoms with E-state index in [0.29, 0.717) is 6.04 Å². The minimum atomic E-state index is 0.453. The van der Waals surface area contributed by atoms with E-state index in [1.165, 1.54) is 11.1 Å². The molecule has 2 heterocycles. The van der Waals surface area contributed by atoms with Crippen LogP contribution in [-0.4, -0.2) is 33.0 Å². The van der Waals surface area contributed by atoms with E-state index in [1.807, 2.05) is 4.80 Å². The van der Waals surface area contributed by atoms with Crippen molar-refractivity contribution in [1.82, 2.24) is 19.9 Å². The first-order valence-corrected chi connectivity index (χ1v) is 5.95. The molecule has 0 radical (unpaired) electrons. The van der Waals surface area contributed by atoms with E-state index in [2.05, 4.69) is 46.3 Å². The smallest absolute Gasteiger partial charge is 0.0969 e. The summed E-state index contributed by atoms with van der Waals surface area (Å²) >= 11 is 0. The highest BCUT2D eigenvalue weighted by molar-refractivity contribution is 5.25. The lowest BCUT2D eigenvalue weighted by molar-refractivity contribution is 0.0812. The Hall–Kier alpha value is -1.68. The fraction of sp³-hybridized carbons (Fsp3) is 0.385. The monoisotopic (exact) mass is 228 g/mol. The van der Waals surface area contributed by atoms with Crippen LogP contribution < -0.4 is 0 Å². The highest BCUT2D eigenvalue weighted by Crippen LogP contribution is 2.22. The van der Waals surface area contributed by atoms with Gasteiger partial charge in [-0.05, 0) is 18.1 Å². The fourth-order valence-corrected chi connectivity index (χ4v) is 2.26. The van der Waals surface area contributed by atoms with E-state index in [-0.39, 0.29) is 0 Å². The number of hydrogen-bond acceptors (Lipinski definition) is 3. The SMILES string of the molecule is Cc1ccccc1CN1CC(n2nccn2)C1. The molecule has 0 spiro atoms. The van der Waals surface area contributed by atoms with E-state index in [0.717, 1.165) is 19.6 Å². The van der Waals surface area contributed by atoms with Crippen LogP contribution in [0.15, 0.2) is 36.7 Å². The Morgan fingerprint density at radius 3 is 2.59 bits per heavy atom. The molecule has 4 heteroatoms. The molecule has 1 aliphatic heterocycles. The molecule has 0 amide bonds. The van der Waals surface area contributed by atoms with Gasteiger partial charge in [-0.3, -0.25) is 4.90 Å². The molecule has 1 fully saturated rings. The second-order valence-corrected chi connectivity index (χ2v) is 4.62. The lowest BCUT2D eigenvalue weighted by Crippen LogP contribution is -2.47. The second-order valence-electron chi connectivity index (χ2n) is 4.62. The first-order valence-electron chi connectivity index (χ1n) is 5.95. The third kappa shape index (κ3) is 2.08. The zero-order chi connectivity index (χ0) is 11.7. The highest BCUT2D eigenvalue weighted by atomic mass is 15.5. The Morgan fingerprint density at radius 2 is 1.88 bits per heavy atom. The van der Waals surface area contributed by atoms with Crippen molar-refractivity contribution < 1.29 is 0 Å². The van der Waals surface area contributed by atoms with Gasteiger partial charge in [-0.2, -0.15) is 15.0 Å².